The molecule has 4 nitrogen and oxygen atoms in total. The Labute approximate surface area is 169 Å². The molecule has 0 aromatic heterocycles. The number of rotatable bonds is 3. The van der Waals surface area contributed by atoms with Gasteiger partial charge in [-0.3, -0.25) is 0 Å². The highest BCUT2D eigenvalue weighted by molar-refractivity contribution is 5.83. The molecule has 2 aliphatic heterocycles. The summed E-state index contributed by atoms with van der Waals surface area (Å²) in [5.74, 6) is 2.03. The summed E-state index contributed by atoms with van der Waals surface area (Å²) in [6.07, 6.45) is 6.24. The molecule has 1 atom stereocenters. The number of nitrogens with zero attached hydrogens (tertiary/aromatic N) is 2. The molecule has 3 rings (SSSR count). The van der Waals surface area contributed by atoms with Crippen LogP contribution >= 0.6 is 0 Å². The predicted octanol–water partition coefficient (Wildman–Crippen LogP) is 5.01. The van der Waals surface area contributed by atoms with E-state index >= 15 is 0 Å². The van der Waals surface area contributed by atoms with Crippen LogP contribution in [0.1, 0.15) is 51.2 Å². The summed E-state index contributed by atoms with van der Waals surface area (Å²) in [7, 11) is 0. The van der Waals surface area contributed by atoms with Gasteiger partial charge in [0.05, 0.1) is 13.2 Å². The summed E-state index contributed by atoms with van der Waals surface area (Å²) in [5, 5.41) is 9.96. The van der Waals surface area contributed by atoms with Crippen LogP contribution in [0, 0.1) is 12.8 Å². The van der Waals surface area contributed by atoms with Crippen molar-refractivity contribution < 1.29 is 9.84 Å². The maximum atomic E-state index is 9.96. The minimum atomic E-state index is 0.347. The molecular weight excluding hydrogens is 348 g/mol. The molecule has 0 aliphatic carbocycles. The second-order valence-corrected chi connectivity index (χ2v) is 8.04. The van der Waals surface area contributed by atoms with E-state index in [0.29, 0.717) is 11.7 Å². The molecule has 1 N–H and O–H groups in total. The third-order valence-electron chi connectivity index (χ3n) is 5.97. The van der Waals surface area contributed by atoms with Gasteiger partial charge in [-0.15, -0.1) is 0 Å². The Kier molecular flexibility index (Phi) is 6.95. The van der Waals surface area contributed by atoms with E-state index in [-0.39, 0.29) is 0 Å². The number of allylic oxidation sites excluding steroid dienone is 4. The predicted molar refractivity (Wildman–Crippen MR) is 116 cm³/mol. The van der Waals surface area contributed by atoms with Crippen LogP contribution in [0.5, 0.6) is 5.75 Å². The van der Waals surface area contributed by atoms with E-state index in [1.807, 2.05) is 12.1 Å². The minimum Gasteiger partial charge on any atom is -0.508 e. The maximum Gasteiger partial charge on any atom is 0.115 e. The number of phenols is 1. The lowest BCUT2D eigenvalue weighted by Gasteiger charge is -2.30. The number of aromatic hydroxyl groups is 1. The van der Waals surface area contributed by atoms with Gasteiger partial charge in [-0.25, -0.2) is 4.99 Å². The topological polar surface area (TPSA) is 45.1 Å². The van der Waals surface area contributed by atoms with Crippen LogP contribution in [0.25, 0.3) is 0 Å². The van der Waals surface area contributed by atoms with Crippen LogP contribution in [-0.2, 0) is 11.2 Å². The molecule has 2 aliphatic rings. The Morgan fingerprint density at radius 1 is 1.21 bits per heavy atom. The molecule has 0 spiro atoms. The lowest BCUT2D eigenvalue weighted by Crippen LogP contribution is -2.40. The first-order valence-corrected chi connectivity index (χ1v) is 10.6. The SMILES string of the molecule is CCC1=C(Cc2cc(O)ccc2C)C(C)CCC(N2CCOCC2)=NC(C)=C1. The molecule has 0 bridgehead atoms. The van der Waals surface area contributed by atoms with E-state index in [0.717, 1.165) is 57.7 Å². The molecule has 4 heteroatoms. The van der Waals surface area contributed by atoms with Gasteiger partial charge in [-0.2, -0.15) is 0 Å². The summed E-state index contributed by atoms with van der Waals surface area (Å²) in [6, 6.07) is 5.70. The highest BCUT2D eigenvalue weighted by Gasteiger charge is 2.21. The molecule has 0 saturated carbocycles. The van der Waals surface area contributed by atoms with Crippen LogP contribution in [0.2, 0.25) is 0 Å². The van der Waals surface area contributed by atoms with E-state index < -0.39 is 0 Å². The minimum absolute atomic E-state index is 0.347. The van der Waals surface area contributed by atoms with E-state index in [1.54, 1.807) is 6.07 Å². The van der Waals surface area contributed by atoms with E-state index in [1.165, 1.54) is 28.1 Å². The number of hydrogen-bond acceptors (Lipinski definition) is 4. The van der Waals surface area contributed by atoms with Gasteiger partial charge >= 0.3 is 0 Å². The number of aliphatic imine (C=N–C) groups is 1. The van der Waals surface area contributed by atoms with Crippen molar-refractivity contribution in [1.82, 2.24) is 4.90 Å². The molecule has 2 heterocycles. The monoisotopic (exact) mass is 382 g/mol. The Hall–Kier alpha value is -2.07. The molecule has 0 radical (unpaired) electrons. The summed E-state index contributed by atoms with van der Waals surface area (Å²) >= 11 is 0. The lowest BCUT2D eigenvalue weighted by molar-refractivity contribution is 0.0670. The van der Waals surface area contributed by atoms with Crippen LogP contribution in [0.3, 0.4) is 0 Å². The molecule has 0 amide bonds. The summed E-state index contributed by atoms with van der Waals surface area (Å²) in [6.45, 7) is 12.3. The molecule has 1 aromatic rings. The first kappa shape index (κ1) is 20.7. The van der Waals surface area contributed by atoms with Crippen LogP contribution in [-0.4, -0.2) is 42.1 Å². The van der Waals surface area contributed by atoms with Gasteiger partial charge in [0.15, 0.2) is 0 Å². The third-order valence-corrected chi connectivity index (χ3v) is 5.97. The first-order valence-electron chi connectivity index (χ1n) is 10.6. The summed E-state index contributed by atoms with van der Waals surface area (Å²) in [4.78, 5) is 7.39. The van der Waals surface area contributed by atoms with Crippen molar-refractivity contribution in [2.75, 3.05) is 26.3 Å². The average Bonchev–Trinajstić information content (AvgIpc) is 2.75. The highest BCUT2D eigenvalue weighted by atomic mass is 16.5. The number of amidine groups is 1. The number of benzene rings is 1. The summed E-state index contributed by atoms with van der Waals surface area (Å²) < 4.78 is 5.52. The van der Waals surface area contributed by atoms with E-state index in [2.05, 4.69) is 38.7 Å². The number of hydrogen-bond donors (Lipinski definition) is 1. The van der Waals surface area contributed by atoms with Crippen molar-refractivity contribution in [3.63, 3.8) is 0 Å². The summed E-state index contributed by atoms with van der Waals surface area (Å²) in [5.41, 5.74) is 6.40. The largest absolute Gasteiger partial charge is 0.508 e. The van der Waals surface area contributed by atoms with Crippen molar-refractivity contribution in [3.8, 4) is 5.75 Å². The lowest BCUT2D eigenvalue weighted by atomic mass is 9.85. The van der Waals surface area contributed by atoms with Crippen LogP contribution < -0.4 is 0 Å². The Morgan fingerprint density at radius 2 is 1.96 bits per heavy atom. The molecule has 152 valence electrons. The number of aryl methyl sites for hydroxylation is 1. The van der Waals surface area contributed by atoms with E-state index in [9.17, 15) is 5.11 Å². The smallest absolute Gasteiger partial charge is 0.115 e. The Bertz CT molecular complexity index is 786. The zero-order valence-electron chi connectivity index (χ0n) is 17.8. The van der Waals surface area contributed by atoms with Gasteiger partial charge < -0.3 is 14.7 Å². The van der Waals surface area contributed by atoms with Gasteiger partial charge in [0.2, 0.25) is 0 Å². The van der Waals surface area contributed by atoms with Crippen molar-refractivity contribution in [2.45, 2.75) is 53.4 Å². The fourth-order valence-corrected chi connectivity index (χ4v) is 4.19. The number of phenolic OH excluding ortho intramolecular Hbond substituents is 1. The fraction of sp³-hybridized carbons (Fsp3) is 0.542. The first-order chi connectivity index (χ1) is 13.5. The van der Waals surface area contributed by atoms with Crippen molar-refractivity contribution >= 4 is 5.84 Å². The number of morpholine rings is 1. The fourth-order valence-electron chi connectivity index (χ4n) is 4.19. The molecule has 28 heavy (non-hydrogen) atoms. The molecule has 1 aromatic carbocycles. The van der Waals surface area contributed by atoms with Crippen molar-refractivity contribution in [3.05, 3.63) is 52.2 Å². The van der Waals surface area contributed by atoms with Gasteiger partial charge in [-0.1, -0.05) is 25.5 Å². The highest BCUT2D eigenvalue weighted by Crippen LogP contribution is 2.31. The van der Waals surface area contributed by atoms with Gasteiger partial charge in [0.1, 0.15) is 11.6 Å². The molecule has 1 saturated heterocycles. The average molecular weight is 383 g/mol. The van der Waals surface area contributed by atoms with Gasteiger partial charge in [0.25, 0.3) is 0 Å². The normalized spacial score (nSPS) is 21.6. The second-order valence-electron chi connectivity index (χ2n) is 8.04. The van der Waals surface area contributed by atoms with Gasteiger partial charge in [0, 0.05) is 25.2 Å². The number of ether oxygens (including phenoxy) is 1. The second kappa shape index (κ2) is 9.42. The Morgan fingerprint density at radius 3 is 2.68 bits per heavy atom. The van der Waals surface area contributed by atoms with Gasteiger partial charge in [-0.05, 0) is 73.9 Å². The Balaban J connectivity index is 1.93. The molecule has 1 fully saturated rings. The van der Waals surface area contributed by atoms with Crippen LogP contribution in [0.15, 0.2) is 46.1 Å². The standard InChI is InChI=1S/C24H34N2O2/c1-5-20-14-19(4)25-24(26-10-12-28-13-11-26)9-7-18(3)23(20)16-21-15-22(27)8-6-17(21)2/h6,8,14-15,18,27H,5,7,9-13,16H2,1-4H3. The zero-order chi connectivity index (χ0) is 20.1. The molecule has 1 unspecified atom stereocenters. The third kappa shape index (κ3) is 5.05. The van der Waals surface area contributed by atoms with Crippen molar-refractivity contribution in [1.29, 1.82) is 0 Å². The zero-order valence-corrected chi connectivity index (χ0v) is 17.8. The quantitative estimate of drug-likeness (QED) is 0.799. The van der Waals surface area contributed by atoms with Crippen LogP contribution in [0.4, 0.5) is 0 Å². The molecular formula is C24H34N2O2. The maximum absolute atomic E-state index is 9.96. The van der Waals surface area contributed by atoms with Crippen molar-refractivity contribution in [2.24, 2.45) is 10.9 Å². The van der Waals surface area contributed by atoms with E-state index in [4.69, 9.17) is 9.73 Å².